The van der Waals surface area contributed by atoms with Crippen LogP contribution in [0.15, 0.2) is 48.7 Å². The fourth-order valence-corrected chi connectivity index (χ4v) is 2.91. The maximum Gasteiger partial charge on any atom is 0.126 e. The summed E-state index contributed by atoms with van der Waals surface area (Å²) in [6.45, 7) is 7.70. The van der Waals surface area contributed by atoms with Gasteiger partial charge in [-0.1, -0.05) is 38.1 Å². The third-order valence-corrected chi connectivity index (χ3v) is 4.20. The van der Waals surface area contributed by atoms with Gasteiger partial charge in [0.2, 0.25) is 0 Å². The monoisotopic (exact) mass is 335 g/mol. The van der Waals surface area contributed by atoms with Gasteiger partial charge in [0, 0.05) is 28.8 Å². The molecule has 0 aliphatic heterocycles. The Morgan fingerprint density at radius 3 is 2.48 bits per heavy atom. The molecule has 3 rings (SSSR count). The number of ether oxygens (including phenoxy) is 2. The average Bonchev–Trinajstić information content (AvgIpc) is 2.65. The first kappa shape index (κ1) is 17.3. The average molecular weight is 335 g/mol. The quantitative estimate of drug-likeness (QED) is 0.548. The predicted molar refractivity (Wildman–Crippen MR) is 103 cm³/mol. The van der Waals surface area contributed by atoms with Crippen molar-refractivity contribution >= 4 is 10.8 Å². The van der Waals surface area contributed by atoms with Gasteiger partial charge in [0.15, 0.2) is 0 Å². The van der Waals surface area contributed by atoms with Gasteiger partial charge in [-0.15, -0.1) is 0 Å². The van der Waals surface area contributed by atoms with E-state index in [1.54, 1.807) is 0 Å². The van der Waals surface area contributed by atoms with Gasteiger partial charge < -0.3 is 9.47 Å². The number of hydrogen-bond acceptors (Lipinski definition) is 3. The Balaban J connectivity index is 2.15. The van der Waals surface area contributed by atoms with Crippen molar-refractivity contribution in [2.45, 2.75) is 33.6 Å². The number of nitrogens with zero attached hydrogens (tertiary/aromatic N) is 1. The highest BCUT2D eigenvalue weighted by atomic mass is 16.5. The smallest absolute Gasteiger partial charge is 0.126 e. The topological polar surface area (TPSA) is 31.4 Å². The molecule has 0 aliphatic carbocycles. The van der Waals surface area contributed by atoms with E-state index in [1.807, 2.05) is 18.3 Å². The summed E-state index contributed by atoms with van der Waals surface area (Å²) in [5.41, 5.74) is 3.14. The Hall–Kier alpha value is -2.55. The molecule has 0 bridgehead atoms. The van der Waals surface area contributed by atoms with Crippen molar-refractivity contribution in [2.75, 3.05) is 13.2 Å². The van der Waals surface area contributed by atoms with E-state index in [0.29, 0.717) is 13.2 Å². The van der Waals surface area contributed by atoms with Gasteiger partial charge >= 0.3 is 0 Å². The van der Waals surface area contributed by atoms with Crippen LogP contribution in [0.1, 0.15) is 32.3 Å². The van der Waals surface area contributed by atoms with Crippen LogP contribution in [0, 0.1) is 6.92 Å². The summed E-state index contributed by atoms with van der Waals surface area (Å²) in [6, 6.07) is 14.4. The molecule has 0 N–H and O–H groups in total. The Kier molecular flexibility index (Phi) is 5.54. The van der Waals surface area contributed by atoms with E-state index in [2.05, 4.69) is 56.1 Å². The first-order chi connectivity index (χ1) is 12.2. The van der Waals surface area contributed by atoms with E-state index in [4.69, 9.17) is 9.47 Å². The van der Waals surface area contributed by atoms with Crippen LogP contribution >= 0.6 is 0 Å². The molecule has 2 aromatic carbocycles. The Morgan fingerprint density at radius 2 is 1.68 bits per heavy atom. The van der Waals surface area contributed by atoms with Crippen LogP contribution < -0.4 is 9.47 Å². The molecule has 0 radical (unpaired) electrons. The molecule has 0 spiro atoms. The van der Waals surface area contributed by atoms with Gasteiger partial charge in [0.1, 0.15) is 11.5 Å². The largest absolute Gasteiger partial charge is 0.493 e. The number of rotatable bonds is 7. The summed E-state index contributed by atoms with van der Waals surface area (Å²) in [4.78, 5) is 4.67. The minimum atomic E-state index is 0.693. The highest BCUT2D eigenvalue weighted by Gasteiger charge is 2.14. The standard InChI is InChI=1S/C22H25NO2/c1-4-12-24-18-14-20(16(3)21(15-18)25-13-5-2)22-19-9-7-6-8-17(19)10-11-23-22/h6-11,14-15H,4-5,12-13H2,1-3H3. The zero-order chi connectivity index (χ0) is 17.6. The number of aromatic nitrogens is 1. The second-order valence-electron chi connectivity index (χ2n) is 6.17. The van der Waals surface area contributed by atoms with Crippen molar-refractivity contribution in [2.24, 2.45) is 0 Å². The van der Waals surface area contributed by atoms with Gasteiger partial charge in [-0.3, -0.25) is 4.98 Å². The molecule has 130 valence electrons. The maximum atomic E-state index is 5.97. The van der Waals surface area contributed by atoms with Crippen molar-refractivity contribution in [3.05, 3.63) is 54.2 Å². The Labute approximate surface area is 149 Å². The van der Waals surface area contributed by atoms with E-state index in [9.17, 15) is 0 Å². The molecule has 0 fully saturated rings. The Bertz CT molecular complexity index is 853. The third-order valence-electron chi connectivity index (χ3n) is 4.20. The minimum absolute atomic E-state index is 0.693. The lowest BCUT2D eigenvalue weighted by atomic mass is 9.99. The fraction of sp³-hybridized carbons (Fsp3) is 0.318. The lowest BCUT2D eigenvalue weighted by molar-refractivity contribution is 0.300. The van der Waals surface area contributed by atoms with E-state index < -0.39 is 0 Å². The van der Waals surface area contributed by atoms with Crippen LogP contribution in [0.4, 0.5) is 0 Å². The molecule has 1 aromatic heterocycles. The summed E-state index contributed by atoms with van der Waals surface area (Å²) < 4.78 is 11.9. The van der Waals surface area contributed by atoms with Crippen molar-refractivity contribution < 1.29 is 9.47 Å². The van der Waals surface area contributed by atoms with Crippen LogP contribution in [0.2, 0.25) is 0 Å². The fourth-order valence-electron chi connectivity index (χ4n) is 2.91. The van der Waals surface area contributed by atoms with Crippen molar-refractivity contribution in [1.29, 1.82) is 0 Å². The van der Waals surface area contributed by atoms with E-state index in [-0.39, 0.29) is 0 Å². The summed E-state index contributed by atoms with van der Waals surface area (Å²) in [5, 5.41) is 2.32. The summed E-state index contributed by atoms with van der Waals surface area (Å²) >= 11 is 0. The van der Waals surface area contributed by atoms with E-state index in [1.165, 1.54) is 5.39 Å². The number of pyridine rings is 1. The van der Waals surface area contributed by atoms with E-state index in [0.717, 1.165) is 46.5 Å². The number of hydrogen-bond donors (Lipinski definition) is 0. The molecule has 0 atom stereocenters. The summed E-state index contributed by atoms with van der Waals surface area (Å²) in [5.74, 6) is 1.71. The highest BCUT2D eigenvalue weighted by Crippen LogP contribution is 2.37. The molecule has 0 amide bonds. The van der Waals surface area contributed by atoms with Crippen molar-refractivity contribution in [3.8, 4) is 22.8 Å². The maximum absolute atomic E-state index is 5.97. The normalized spacial score (nSPS) is 10.8. The molecule has 3 aromatic rings. The molecular formula is C22H25NO2. The van der Waals surface area contributed by atoms with Crippen molar-refractivity contribution in [3.63, 3.8) is 0 Å². The molecule has 0 unspecified atom stereocenters. The van der Waals surface area contributed by atoms with Crippen LogP contribution in [-0.4, -0.2) is 18.2 Å². The van der Waals surface area contributed by atoms with Crippen LogP contribution in [0.25, 0.3) is 22.0 Å². The van der Waals surface area contributed by atoms with Gasteiger partial charge in [0.25, 0.3) is 0 Å². The second kappa shape index (κ2) is 8.02. The summed E-state index contributed by atoms with van der Waals surface area (Å²) in [7, 11) is 0. The predicted octanol–water partition coefficient (Wildman–Crippen LogP) is 5.79. The first-order valence-electron chi connectivity index (χ1n) is 8.99. The van der Waals surface area contributed by atoms with Gasteiger partial charge in [-0.25, -0.2) is 0 Å². The molecule has 25 heavy (non-hydrogen) atoms. The van der Waals surface area contributed by atoms with Gasteiger partial charge in [-0.2, -0.15) is 0 Å². The van der Waals surface area contributed by atoms with E-state index >= 15 is 0 Å². The zero-order valence-corrected chi connectivity index (χ0v) is 15.2. The zero-order valence-electron chi connectivity index (χ0n) is 15.2. The van der Waals surface area contributed by atoms with Gasteiger partial charge in [0.05, 0.1) is 18.9 Å². The molecule has 3 nitrogen and oxygen atoms in total. The summed E-state index contributed by atoms with van der Waals surface area (Å²) in [6.07, 6.45) is 3.81. The lowest BCUT2D eigenvalue weighted by Gasteiger charge is -2.16. The number of benzene rings is 2. The second-order valence-corrected chi connectivity index (χ2v) is 6.17. The minimum Gasteiger partial charge on any atom is -0.493 e. The number of fused-ring (bicyclic) bond motifs is 1. The Morgan fingerprint density at radius 1 is 0.920 bits per heavy atom. The molecule has 0 saturated carbocycles. The first-order valence-corrected chi connectivity index (χ1v) is 8.99. The SMILES string of the molecule is CCCOc1cc(OCCC)c(C)c(-c2nccc3ccccc23)c1. The molecular weight excluding hydrogens is 310 g/mol. The van der Waals surface area contributed by atoms with Crippen molar-refractivity contribution in [1.82, 2.24) is 4.98 Å². The third kappa shape index (κ3) is 3.76. The molecule has 0 aliphatic rings. The van der Waals surface area contributed by atoms with Crippen LogP contribution in [0.5, 0.6) is 11.5 Å². The highest BCUT2D eigenvalue weighted by molar-refractivity contribution is 5.95. The van der Waals surface area contributed by atoms with Gasteiger partial charge in [-0.05, 0) is 37.3 Å². The van der Waals surface area contributed by atoms with Crippen LogP contribution in [-0.2, 0) is 0 Å². The lowest BCUT2D eigenvalue weighted by Crippen LogP contribution is -2.02. The molecule has 3 heteroatoms. The molecule has 0 saturated heterocycles. The van der Waals surface area contributed by atoms with Crippen LogP contribution in [0.3, 0.4) is 0 Å². The molecule has 1 heterocycles.